The summed E-state index contributed by atoms with van der Waals surface area (Å²) in [7, 11) is 2.77. The normalized spacial score (nSPS) is 28.8. The first kappa shape index (κ1) is 18.4. The van der Waals surface area contributed by atoms with Crippen LogP contribution in [-0.4, -0.2) is 7.28 Å². The molecule has 1 unspecified atom stereocenters. The van der Waals surface area contributed by atoms with E-state index in [2.05, 4.69) is 7.28 Å². The summed E-state index contributed by atoms with van der Waals surface area (Å²) in [4.78, 5) is 0. The summed E-state index contributed by atoms with van der Waals surface area (Å²) in [5.41, 5.74) is 0. The van der Waals surface area contributed by atoms with E-state index in [1.165, 1.54) is 122 Å². The predicted molar refractivity (Wildman–Crippen MR) is 101 cm³/mol. The van der Waals surface area contributed by atoms with Crippen molar-refractivity contribution in [2.45, 2.75) is 128 Å². The molecule has 1 heterocycles. The number of hydrogen-bond donors (Lipinski definition) is 0. The summed E-state index contributed by atoms with van der Waals surface area (Å²) in [6.07, 6.45) is 28.4. The molecule has 22 heavy (non-hydrogen) atoms. The standard InChI is InChI=1S/C21H40B/c1-2-5-9-13-17-20(16-12-8-4-1)21-18-14-10-6-3-7-11-15-19-22-21/h20-21H,1-19H2. The van der Waals surface area contributed by atoms with E-state index in [-0.39, 0.29) is 0 Å². The van der Waals surface area contributed by atoms with Crippen molar-refractivity contribution in [1.29, 1.82) is 0 Å². The molecule has 0 aromatic heterocycles. The molecule has 2 aliphatic rings. The van der Waals surface area contributed by atoms with Crippen molar-refractivity contribution < 1.29 is 0 Å². The molecule has 1 saturated heterocycles. The maximum Gasteiger partial charge on any atom is 0.113 e. The summed E-state index contributed by atoms with van der Waals surface area (Å²) in [5, 5.41) is 0. The minimum absolute atomic E-state index is 0.957. The van der Waals surface area contributed by atoms with E-state index >= 15 is 0 Å². The Morgan fingerprint density at radius 3 is 1.36 bits per heavy atom. The van der Waals surface area contributed by atoms with Crippen molar-refractivity contribution in [3.05, 3.63) is 0 Å². The van der Waals surface area contributed by atoms with Gasteiger partial charge in [0.15, 0.2) is 0 Å². The lowest BCUT2D eigenvalue weighted by Crippen LogP contribution is -2.16. The van der Waals surface area contributed by atoms with Gasteiger partial charge in [-0.05, 0) is 5.92 Å². The van der Waals surface area contributed by atoms with Gasteiger partial charge >= 0.3 is 0 Å². The van der Waals surface area contributed by atoms with Crippen molar-refractivity contribution in [1.82, 2.24) is 0 Å². The molecule has 1 saturated carbocycles. The van der Waals surface area contributed by atoms with Crippen molar-refractivity contribution in [2.75, 3.05) is 0 Å². The van der Waals surface area contributed by atoms with Crippen molar-refractivity contribution >= 4 is 7.28 Å². The highest BCUT2D eigenvalue weighted by Crippen LogP contribution is 2.35. The summed E-state index contributed by atoms with van der Waals surface area (Å²) in [5.74, 6) is 1.98. The summed E-state index contributed by atoms with van der Waals surface area (Å²) in [6, 6.07) is 0. The molecule has 0 nitrogen and oxygen atoms in total. The Morgan fingerprint density at radius 1 is 0.409 bits per heavy atom. The van der Waals surface area contributed by atoms with Gasteiger partial charge in [0.05, 0.1) is 0 Å². The average molecular weight is 303 g/mol. The number of rotatable bonds is 1. The fraction of sp³-hybridized carbons (Fsp3) is 1.00. The van der Waals surface area contributed by atoms with E-state index in [1.807, 2.05) is 0 Å². The van der Waals surface area contributed by atoms with Gasteiger partial charge < -0.3 is 0 Å². The van der Waals surface area contributed by atoms with Crippen LogP contribution in [0.15, 0.2) is 0 Å². The summed E-state index contributed by atoms with van der Waals surface area (Å²) < 4.78 is 0. The van der Waals surface area contributed by atoms with Gasteiger partial charge in [0.25, 0.3) is 0 Å². The van der Waals surface area contributed by atoms with Gasteiger partial charge in [-0.1, -0.05) is 128 Å². The summed E-state index contributed by atoms with van der Waals surface area (Å²) in [6.45, 7) is 0. The molecule has 127 valence electrons. The molecule has 0 N–H and O–H groups in total. The fourth-order valence-corrected chi connectivity index (χ4v) is 4.73. The SMILES string of the molecule is [B]1CCCCCCCCCC1C1CCCCCCCCCC1. The second-order valence-corrected chi connectivity index (χ2v) is 8.12. The van der Waals surface area contributed by atoms with E-state index < -0.39 is 0 Å². The minimum atomic E-state index is 0.957. The first-order chi connectivity index (χ1) is 11.0. The predicted octanol–water partition coefficient (Wildman–Crippen LogP) is 7.56. The van der Waals surface area contributed by atoms with Crippen LogP contribution in [0, 0.1) is 5.92 Å². The van der Waals surface area contributed by atoms with Crippen molar-refractivity contribution in [3.8, 4) is 0 Å². The van der Waals surface area contributed by atoms with Crippen molar-refractivity contribution in [2.24, 2.45) is 5.92 Å². The van der Waals surface area contributed by atoms with Crippen LogP contribution in [0.5, 0.6) is 0 Å². The Labute approximate surface area is 141 Å². The molecule has 1 aliphatic carbocycles. The van der Waals surface area contributed by atoms with Crippen LogP contribution in [0.3, 0.4) is 0 Å². The van der Waals surface area contributed by atoms with E-state index in [4.69, 9.17) is 0 Å². The molecule has 2 fully saturated rings. The zero-order valence-corrected chi connectivity index (χ0v) is 15.2. The quantitative estimate of drug-likeness (QED) is 0.438. The van der Waals surface area contributed by atoms with E-state index in [9.17, 15) is 0 Å². The maximum absolute atomic E-state index is 2.77. The molecular weight excluding hydrogens is 263 g/mol. The topological polar surface area (TPSA) is 0 Å². The molecule has 0 amide bonds. The molecule has 0 aromatic rings. The highest BCUT2D eigenvalue weighted by Gasteiger charge is 2.21. The molecule has 1 aliphatic heterocycles. The second kappa shape index (κ2) is 12.5. The Balaban J connectivity index is 1.83. The molecule has 0 spiro atoms. The van der Waals surface area contributed by atoms with Crippen LogP contribution in [0.25, 0.3) is 0 Å². The first-order valence-corrected chi connectivity index (χ1v) is 10.8. The van der Waals surface area contributed by atoms with Crippen LogP contribution >= 0.6 is 0 Å². The Bertz CT molecular complexity index is 200. The zero-order chi connectivity index (χ0) is 15.3. The molecule has 1 heteroatoms. The van der Waals surface area contributed by atoms with E-state index in [0.717, 1.165) is 11.7 Å². The maximum atomic E-state index is 2.77. The smallest absolute Gasteiger partial charge is 0.0799 e. The third-order valence-corrected chi connectivity index (χ3v) is 6.22. The van der Waals surface area contributed by atoms with Gasteiger partial charge in [-0.25, -0.2) is 0 Å². The van der Waals surface area contributed by atoms with Gasteiger partial charge in [0, 0.05) is 0 Å². The molecule has 0 aromatic carbocycles. The highest BCUT2D eigenvalue weighted by atomic mass is 14.2. The third-order valence-electron chi connectivity index (χ3n) is 6.22. The fourth-order valence-electron chi connectivity index (χ4n) is 4.73. The summed E-state index contributed by atoms with van der Waals surface area (Å²) >= 11 is 0. The van der Waals surface area contributed by atoms with Gasteiger partial charge in [0.2, 0.25) is 0 Å². The number of hydrogen-bond acceptors (Lipinski definition) is 0. The lowest BCUT2D eigenvalue weighted by atomic mass is 9.53. The van der Waals surface area contributed by atoms with Gasteiger partial charge in [-0.3, -0.25) is 0 Å². The lowest BCUT2D eigenvalue weighted by molar-refractivity contribution is 0.371. The second-order valence-electron chi connectivity index (χ2n) is 8.12. The van der Waals surface area contributed by atoms with Gasteiger partial charge in [-0.2, -0.15) is 0 Å². The average Bonchev–Trinajstić information content (AvgIpc) is 2.64. The van der Waals surface area contributed by atoms with Crippen LogP contribution in [0.4, 0.5) is 0 Å². The van der Waals surface area contributed by atoms with E-state index in [1.54, 1.807) is 0 Å². The van der Waals surface area contributed by atoms with Crippen LogP contribution in [-0.2, 0) is 0 Å². The third kappa shape index (κ3) is 8.07. The monoisotopic (exact) mass is 303 g/mol. The molecule has 1 atom stereocenters. The molecular formula is C21H40B. The van der Waals surface area contributed by atoms with Gasteiger partial charge in [0.1, 0.15) is 7.28 Å². The highest BCUT2D eigenvalue weighted by molar-refractivity contribution is 6.37. The van der Waals surface area contributed by atoms with Crippen molar-refractivity contribution in [3.63, 3.8) is 0 Å². The van der Waals surface area contributed by atoms with Crippen LogP contribution in [0.2, 0.25) is 12.1 Å². The Kier molecular flexibility index (Phi) is 10.4. The van der Waals surface area contributed by atoms with Gasteiger partial charge in [-0.15, -0.1) is 0 Å². The van der Waals surface area contributed by atoms with Crippen LogP contribution in [0.1, 0.15) is 116 Å². The Hall–Kier alpha value is 0.0649. The largest absolute Gasteiger partial charge is 0.113 e. The minimum Gasteiger partial charge on any atom is -0.0799 e. The first-order valence-electron chi connectivity index (χ1n) is 10.8. The molecule has 0 bridgehead atoms. The lowest BCUT2D eigenvalue weighted by Gasteiger charge is -2.27. The molecule has 1 radical (unpaired) electrons. The zero-order valence-electron chi connectivity index (χ0n) is 15.2. The molecule has 2 rings (SSSR count). The van der Waals surface area contributed by atoms with Crippen LogP contribution < -0.4 is 0 Å². The van der Waals surface area contributed by atoms with E-state index in [0.29, 0.717) is 0 Å². The Morgan fingerprint density at radius 2 is 0.818 bits per heavy atom.